The maximum Gasteiger partial charge on any atom is 0.416 e. The lowest BCUT2D eigenvalue weighted by Crippen LogP contribution is -2.15. The lowest BCUT2D eigenvalue weighted by atomic mass is 9.96. The van der Waals surface area contributed by atoms with Gasteiger partial charge >= 0.3 is 6.18 Å². The van der Waals surface area contributed by atoms with E-state index in [1.807, 2.05) is 6.92 Å². The Balaban J connectivity index is 2.43. The monoisotopic (exact) mass is 283 g/mol. The summed E-state index contributed by atoms with van der Waals surface area (Å²) in [6.07, 6.45) is -4.52. The number of nitrogens with two attached hydrogens (primary N) is 1. The standard InChI is InChI=1S/C15H13F4N/c1-9-2-4-10(5-3-9)14(20)12-8-11(15(17,18)19)6-7-13(12)16/h2-8,14H,20H2,1H3. The van der Waals surface area contributed by atoms with Crippen LogP contribution >= 0.6 is 0 Å². The van der Waals surface area contributed by atoms with Gasteiger partial charge in [0.1, 0.15) is 5.82 Å². The maximum absolute atomic E-state index is 13.7. The summed E-state index contributed by atoms with van der Waals surface area (Å²) in [5.74, 6) is -0.744. The molecule has 2 N–H and O–H groups in total. The Bertz CT molecular complexity index is 602. The van der Waals surface area contributed by atoms with E-state index in [4.69, 9.17) is 5.73 Å². The van der Waals surface area contributed by atoms with Crippen LogP contribution in [-0.4, -0.2) is 0 Å². The fraction of sp³-hybridized carbons (Fsp3) is 0.200. The molecule has 2 rings (SSSR count). The van der Waals surface area contributed by atoms with Crippen LogP contribution in [0.2, 0.25) is 0 Å². The van der Waals surface area contributed by atoms with E-state index in [2.05, 4.69) is 0 Å². The lowest BCUT2D eigenvalue weighted by Gasteiger charge is -2.16. The van der Waals surface area contributed by atoms with Crippen LogP contribution in [0.15, 0.2) is 42.5 Å². The van der Waals surface area contributed by atoms with Gasteiger partial charge in [-0.15, -0.1) is 0 Å². The predicted octanol–water partition coefficient (Wildman–Crippen LogP) is 4.20. The van der Waals surface area contributed by atoms with E-state index >= 15 is 0 Å². The van der Waals surface area contributed by atoms with Crippen LogP contribution in [-0.2, 0) is 6.18 Å². The Morgan fingerprint density at radius 2 is 1.60 bits per heavy atom. The van der Waals surface area contributed by atoms with Crippen LogP contribution in [0.3, 0.4) is 0 Å². The molecular formula is C15H13F4N. The third-order valence-electron chi connectivity index (χ3n) is 3.09. The number of hydrogen-bond acceptors (Lipinski definition) is 1. The van der Waals surface area contributed by atoms with Gasteiger partial charge in [-0.3, -0.25) is 0 Å². The van der Waals surface area contributed by atoms with Gasteiger partial charge in [-0.2, -0.15) is 13.2 Å². The van der Waals surface area contributed by atoms with E-state index in [0.29, 0.717) is 11.6 Å². The van der Waals surface area contributed by atoms with E-state index < -0.39 is 23.6 Å². The van der Waals surface area contributed by atoms with Crippen molar-refractivity contribution in [2.24, 2.45) is 5.73 Å². The zero-order chi connectivity index (χ0) is 14.9. The number of benzene rings is 2. The summed E-state index contributed by atoms with van der Waals surface area (Å²) in [7, 11) is 0. The predicted molar refractivity (Wildman–Crippen MR) is 68.6 cm³/mol. The number of hydrogen-bond donors (Lipinski definition) is 1. The number of rotatable bonds is 2. The third kappa shape index (κ3) is 2.99. The van der Waals surface area contributed by atoms with Gasteiger partial charge < -0.3 is 5.73 Å². The first-order valence-corrected chi connectivity index (χ1v) is 5.98. The molecule has 0 fully saturated rings. The summed E-state index contributed by atoms with van der Waals surface area (Å²) in [6, 6.07) is 8.26. The molecule has 0 radical (unpaired) electrons. The van der Waals surface area contributed by atoms with E-state index in [1.165, 1.54) is 0 Å². The van der Waals surface area contributed by atoms with Crippen LogP contribution in [0.5, 0.6) is 0 Å². The van der Waals surface area contributed by atoms with Crippen molar-refractivity contribution in [2.75, 3.05) is 0 Å². The van der Waals surface area contributed by atoms with Crippen LogP contribution in [0.4, 0.5) is 17.6 Å². The minimum atomic E-state index is -4.52. The Morgan fingerprint density at radius 1 is 1.00 bits per heavy atom. The Hall–Kier alpha value is -1.88. The van der Waals surface area contributed by atoms with E-state index in [1.54, 1.807) is 24.3 Å². The minimum absolute atomic E-state index is 0.163. The van der Waals surface area contributed by atoms with Crippen molar-refractivity contribution in [3.8, 4) is 0 Å². The van der Waals surface area contributed by atoms with Crippen LogP contribution in [0, 0.1) is 12.7 Å². The highest BCUT2D eigenvalue weighted by Gasteiger charge is 2.31. The molecule has 0 saturated heterocycles. The molecule has 5 heteroatoms. The maximum atomic E-state index is 13.7. The zero-order valence-corrected chi connectivity index (χ0v) is 10.7. The molecule has 0 aromatic heterocycles. The highest BCUT2D eigenvalue weighted by Crippen LogP contribution is 2.32. The van der Waals surface area contributed by atoms with Crippen molar-refractivity contribution in [3.63, 3.8) is 0 Å². The van der Waals surface area contributed by atoms with Crippen molar-refractivity contribution in [1.82, 2.24) is 0 Å². The van der Waals surface area contributed by atoms with Crippen molar-refractivity contribution >= 4 is 0 Å². The summed E-state index contributed by atoms with van der Waals surface area (Å²) in [6.45, 7) is 1.88. The van der Waals surface area contributed by atoms with Gasteiger partial charge in [0, 0.05) is 5.56 Å². The van der Waals surface area contributed by atoms with Crippen molar-refractivity contribution in [1.29, 1.82) is 0 Å². The number of halogens is 4. The fourth-order valence-corrected chi connectivity index (χ4v) is 1.91. The molecule has 1 atom stereocenters. The van der Waals surface area contributed by atoms with Crippen LogP contribution in [0.25, 0.3) is 0 Å². The molecule has 1 nitrogen and oxygen atoms in total. The van der Waals surface area contributed by atoms with E-state index in [9.17, 15) is 17.6 Å². The normalized spacial score (nSPS) is 13.3. The Kier molecular flexibility index (Phi) is 3.81. The minimum Gasteiger partial charge on any atom is -0.320 e. The first-order chi connectivity index (χ1) is 9.29. The molecule has 0 saturated carbocycles. The summed E-state index contributed by atoms with van der Waals surface area (Å²) in [5.41, 5.74) is 6.36. The molecule has 0 aliphatic carbocycles. The second-order valence-electron chi connectivity index (χ2n) is 4.62. The van der Waals surface area contributed by atoms with Gasteiger partial charge in [-0.05, 0) is 30.7 Å². The highest BCUT2D eigenvalue weighted by molar-refractivity contribution is 5.36. The quantitative estimate of drug-likeness (QED) is 0.821. The van der Waals surface area contributed by atoms with Gasteiger partial charge in [0.25, 0.3) is 0 Å². The van der Waals surface area contributed by atoms with Crippen molar-refractivity contribution < 1.29 is 17.6 Å². The van der Waals surface area contributed by atoms with Crippen LogP contribution < -0.4 is 5.73 Å². The van der Waals surface area contributed by atoms with Gasteiger partial charge in [0.2, 0.25) is 0 Å². The molecule has 1 unspecified atom stereocenters. The fourth-order valence-electron chi connectivity index (χ4n) is 1.91. The molecule has 106 valence electrons. The Morgan fingerprint density at radius 3 is 2.15 bits per heavy atom. The summed E-state index contributed by atoms with van der Waals surface area (Å²) in [4.78, 5) is 0. The van der Waals surface area contributed by atoms with Crippen LogP contribution in [0.1, 0.15) is 28.3 Å². The van der Waals surface area contributed by atoms with Gasteiger partial charge in [-0.1, -0.05) is 29.8 Å². The Labute approximate surface area is 114 Å². The van der Waals surface area contributed by atoms with Gasteiger partial charge in [-0.25, -0.2) is 4.39 Å². The molecule has 0 aliphatic heterocycles. The average Bonchev–Trinajstić information content (AvgIpc) is 2.38. The zero-order valence-electron chi connectivity index (χ0n) is 10.7. The number of alkyl halides is 3. The smallest absolute Gasteiger partial charge is 0.320 e. The molecule has 2 aromatic carbocycles. The lowest BCUT2D eigenvalue weighted by molar-refractivity contribution is -0.137. The molecule has 0 heterocycles. The van der Waals surface area contributed by atoms with Gasteiger partial charge in [0.15, 0.2) is 0 Å². The van der Waals surface area contributed by atoms with Gasteiger partial charge in [0.05, 0.1) is 11.6 Å². The summed E-state index contributed by atoms with van der Waals surface area (Å²) >= 11 is 0. The molecule has 0 aliphatic rings. The molecule has 0 bridgehead atoms. The topological polar surface area (TPSA) is 26.0 Å². The first kappa shape index (κ1) is 14.5. The highest BCUT2D eigenvalue weighted by atomic mass is 19.4. The molecule has 0 amide bonds. The van der Waals surface area contributed by atoms with E-state index in [-0.39, 0.29) is 5.56 Å². The molecule has 2 aromatic rings. The van der Waals surface area contributed by atoms with Crippen molar-refractivity contribution in [2.45, 2.75) is 19.1 Å². The largest absolute Gasteiger partial charge is 0.416 e. The number of aryl methyl sites for hydroxylation is 1. The average molecular weight is 283 g/mol. The first-order valence-electron chi connectivity index (χ1n) is 5.98. The summed E-state index contributed by atoms with van der Waals surface area (Å²) < 4.78 is 51.7. The second-order valence-corrected chi connectivity index (χ2v) is 4.62. The molecule has 20 heavy (non-hydrogen) atoms. The molecule has 0 spiro atoms. The SMILES string of the molecule is Cc1ccc(C(N)c2cc(C(F)(F)F)ccc2F)cc1. The summed E-state index contributed by atoms with van der Waals surface area (Å²) in [5, 5.41) is 0. The third-order valence-corrected chi connectivity index (χ3v) is 3.09. The molecular weight excluding hydrogens is 270 g/mol. The van der Waals surface area contributed by atoms with E-state index in [0.717, 1.165) is 17.7 Å². The van der Waals surface area contributed by atoms with Crippen molar-refractivity contribution in [3.05, 3.63) is 70.5 Å². The second kappa shape index (κ2) is 5.25.